The fraction of sp³-hybridized carbons (Fsp3) is 0.857. The number of carboxylic acid groups (broad SMARTS) is 1. The van der Waals surface area contributed by atoms with Gasteiger partial charge in [-0.3, -0.25) is 9.63 Å². The van der Waals surface area contributed by atoms with E-state index in [2.05, 4.69) is 4.84 Å². The third-order valence-electron chi connectivity index (χ3n) is 1.35. The number of hydrogen-bond donors (Lipinski definition) is 2. The lowest BCUT2D eigenvalue weighted by molar-refractivity contribution is -0.873. The van der Waals surface area contributed by atoms with Gasteiger partial charge in [-0.2, -0.15) is 0 Å². The van der Waals surface area contributed by atoms with Gasteiger partial charge in [-0.1, -0.05) is 0 Å². The molecule has 0 aliphatic heterocycles. The van der Waals surface area contributed by atoms with Gasteiger partial charge in [0.1, 0.15) is 12.6 Å². The van der Waals surface area contributed by atoms with E-state index in [1.54, 1.807) is 0 Å². The number of carboxylic acids is 1. The number of nitrogens with zero attached hydrogens (tertiary/aromatic N) is 1. The van der Waals surface area contributed by atoms with Crippen molar-refractivity contribution < 1.29 is 19.2 Å². The van der Waals surface area contributed by atoms with Crippen molar-refractivity contribution in [1.29, 1.82) is 0 Å². The molecule has 0 aliphatic rings. The van der Waals surface area contributed by atoms with E-state index in [1.165, 1.54) is 0 Å². The highest BCUT2D eigenvalue weighted by Crippen LogP contribution is 2.01. The van der Waals surface area contributed by atoms with Crippen molar-refractivity contribution in [1.82, 2.24) is 0 Å². The molecule has 0 aromatic heterocycles. The Morgan fingerprint density at radius 1 is 1.58 bits per heavy atom. The first-order valence-corrected chi connectivity index (χ1v) is 3.73. The second-order valence-electron chi connectivity index (χ2n) is 3.83. The number of carbonyl (C=O) groups is 1. The molecular formula is C7H17N2O3+. The number of quaternary nitrogens is 1. The van der Waals surface area contributed by atoms with E-state index in [1.807, 2.05) is 21.1 Å². The Kier molecular flexibility index (Phi) is 4.16. The van der Waals surface area contributed by atoms with E-state index >= 15 is 0 Å². The molecule has 5 heteroatoms. The minimum absolute atomic E-state index is 0.0496. The molecular weight excluding hydrogens is 160 g/mol. The Balaban J connectivity index is 3.92. The standard InChI is InChI=1S/C7H16N2O3/c1-9(2,3)5-6(12-8)4-7(10)11/h6H,4-5,8H2,1-3H3/p+1/t6-/m0/s1. The predicted molar refractivity (Wildman–Crippen MR) is 44.2 cm³/mol. The first kappa shape index (κ1) is 11.4. The summed E-state index contributed by atoms with van der Waals surface area (Å²) in [6.07, 6.45) is -0.464. The fourth-order valence-corrected chi connectivity index (χ4v) is 0.961. The summed E-state index contributed by atoms with van der Waals surface area (Å²) >= 11 is 0. The van der Waals surface area contributed by atoms with Crippen molar-refractivity contribution in [3.05, 3.63) is 0 Å². The Morgan fingerprint density at radius 2 is 2.08 bits per heavy atom. The molecule has 5 nitrogen and oxygen atoms in total. The van der Waals surface area contributed by atoms with Gasteiger partial charge in [0.2, 0.25) is 0 Å². The molecule has 12 heavy (non-hydrogen) atoms. The smallest absolute Gasteiger partial charge is 0.306 e. The van der Waals surface area contributed by atoms with Gasteiger partial charge in [0.25, 0.3) is 0 Å². The second kappa shape index (κ2) is 4.39. The van der Waals surface area contributed by atoms with Crippen LogP contribution in [0.2, 0.25) is 0 Å². The predicted octanol–water partition coefficient (Wildman–Crippen LogP) is -0.574. The maximum absolute atomic E-state index is 10.3. The Hall–Kier alpha value is -0.650. The number of likely N-dealkylation sites (N-methyl/N-ethyl adjacent to an activating group) is 1. The molecule has 72 valence electrons. The van der Waals surface area contributed by atoms with Gasteiger partial charge in [-0.25, -0.2) is 5.90 Å². The lowest BCUT2D eigenvalue weighted by atomic mass is 10.2. The molecule has 0 radical (unpaired) electrons. The average Bonchev–Trinajstić information content (AvgIpc) is 1.82. The van der Waals surface area contributed by atoms with E-state index in [4.69, 9.17) is 11.0 Å². The van der Waals surface area contributed by atoms with Crippen molar-refractivity contribution in [3.63, 3.8) is 0 Å². The highest BCUT2D eigenvalue weighted by Gasteiger charge is 2.20. The molecule has 0 heterocycles. The molecule has 0 rings (SSSR count). The molecule has 1 atom stereocenters. The molecule has 0 fully saturated rings. The van der Waals surface area contributed by atoms with Crippen LogP contribution >= 0.6 is 0 Å². The molecule has 0 saturated heterocycles. The Labute approximate surface area is 72.3 Å². The quantitative estimate of drug-likeness (QED) is 0.435. The summed E-state index contributed by atoms with van der Waals surface area (Å²) in [5.41, 5.74) is 0. The van der Waals surface area contributed by atoms with Gasteiger partial charge < -0.3 is 9.59 Å². The van der Waals surface area contributed by atoms with Crippen LogP contribution in [0.1, 0.15) is 6.42 Å². The Morgan fingerprint density at radius 3 is 2.33 bits per heavy atom. The SMILES string of the molecule is C[N+](C)(C)C[C@H](CC(=O)O)ON. The number of aliphatic carboxylic acids is 1. The normalized spacial score (nSPS) is 14.3. The molecule has 0 saturated carbocycles. The first-order valence-electron chi connectivity index (χ1n) is 3.73. The van der Waals surface area contributed by atoms with E-state index in [-0.39, 0.29) is 6.42 Å². The summed E-state index contributed by atoms with van der Waals surface area (Å²) in [5.74, 6) is 4.07. The molecule has 0 aromatic carbocycles. The molecule has 0 unspecified atom stereocenters. The van der Waals surface area contributed by atoms with Crippen molar-refractivity contribution >= 4 is 5.97 Å². The van der Waals surface area contributed by atoms with E-state index in [0.717, 1.165) is 0 Å². The van der Waals surface area contributed by atoms with Gasteiger partial charge in [-0.15, -0.1) is 0 Å². The molecule has 3 N–H and O–H groups in total. The van der Waals surface area contributed by atoms with E-state index in [0.29, 0.717) is 11.0 Å². The summed E-state index contributed by atoms with van der Waals surface area (Å²) in [6.45, 7) is 0.586. The maximum atomic E-state index is 10.3. The molecule has 0 aliphatic carbocycles. The van der Waals surface area contributed by atoms with Crippen molar-refractivity contribution in [2.24, 2.45) is 5.90 Å². The average molecular weight is 177 g/mol. The van der Waals surface area contributed by atoms with Crippen LogP contribution in [0.25, 0.3) is 0 Å². The minimum Gasteiger partial charge on any atom is -0.481 e. The topological polar surface area (TPSA) is 72.5 Å². The van der Waals surface area contributed by atoms with E-state index < -0.39 is 12.1 Å². The molecule has 0 amide bonds. The highest BCUT2D eigenvalue weighted by atomic mass is 16.6. The van der Waals surface area contributed by atoms with E-state index in [9.17, 15) is 4.79 Å². The summed E-state index contributed by atoms with van der Waals surface area (Å²) in [5, 5.41) is 8.47. The minimum atomic E-state index is -0.890. The van der Waals surface area contributed by atoms with Crippen LogP contribution in [0.3, 0.4) is 0 Å². The summed E-state index contributed by atoms with van der Waals surface area (Å²) in [6, 6.07) is 0. The number of rotatable bonds is 5. The third kappa shape index (κ3) is 6.09. The lowest BCUT2D eigenvalue weighted by Gasteiger charge is -2.27. The van der Waals surface area contributed by atoms with Crippen LogP contribution in [-0.2, 0) is 9.63 Å². The largest absolute Gasteiger partial charge is 0.481 e. The van der Waals surface area contributed by atoms with Crippen LogP contribution in [0.4, 0.5) is 0 Å². The second-order valence-corrected chi connectivity index (χ2v) is 3.83. The van der Waals surface area contributed by atoms with Crippen LogP contribution in [0.5, 0.6) is 0 Å². The fourth-order valence-electron chi connectivity index (χ4n) is 0.961. The number of hydrogen-bond acceptors (Lipinski definition) is 3. The first-order chi connectivity index (χ1) is 5.35. The zero-order chi connectivity index (χ0) is 9.78. The van der Waals surface area contributed by atoms with Crippen molar-refractivity contribution in [2.45, 2.75) is 12.5 Å². The van der Waals surface area contributed by atoms with Crippen molar-refractivity contribution in [3.8, 4) is 0 Å². The molecule has 0 bridgehead atoms. The van der Waals surface area contributed by atoms with Crippen molar-refractivity contribution in [2.75, 3.05) is 27.7 Å². The van der Waals surface area contributed by atoms with Gasteiger partial charge in [0, 0.05) is 0 Å². The third-order valence-corrected chi connectivity index (χ3v) is 1.35. The van der Waals surface area contributed by atoms with Gasteiger partial charge in [0.15, 0.2) is 0 Å². The van der Waals surface area contributed by atoms with Gasteiger partial charge in [-0.05, 0) is 0 Å². The maximum Gasteiger partial charge on any atom is 0.306 e. The van der Waals surface area contributed by atoms with Crippen LogP contribution in [0.15, 0.2) is 0 Å². The lowest BCUT2D eigenvalue weighted by Crippen LogP contribution is -2.44. The zero-order valence-corrected chi connectivity index (χ0v) is 7.78. The highest BCUT2D eigenvalue weighted by molar-refractivity contribution is 5.67. The summed E-state index contributed by atoms with van der Waals surface area (Å²) < 4.78 is 0.634. The summed E-state index contributed by atoms with van der Waals surface area (Å²) in [7, 11) is 5.86. The van der Waals surface area contributed by atoms with Crippen LogP contribution in [-0.4, -0.2) is 49.4 Å². The number of nitrogens with two attached hydrogens (primary N) is 1. The summed E-state index contributed by atoms with van der Waals surface area (Å²) in [4.78, 5) is 14.9. The van der Waals surface area contributed by atoms with Crippen LogP contribution < -0.4 is 5.90 Å². The molecule has 0 aromatic rings. The molecule has 0 spiro atoms. The zero-order valence-electron chi connectivity index (χ0n) is 7.78. The van der Waals surface area contributed by atoms with Gasteiger partial charge in [0.05, 0.1) is 27.6 Å². The Bertz CT molecular complexity index is 153. The van der Waals surface area contributed by atoms with Crippen LogP contribution in [0, 0.1) is 0 Å². The van der Waals surface area contributed by atoms with Gasteiger partial charge >= 0.3 is 5.97 Å². The monoisotopic (exact) mass is 177 g/mol.